The monoisotopic (exact) mass is 335 g/mol. The number of halogens is 2. The molecule has 0 spiro atoms. The first-order chi connectivity index (χ1) is 11.7. The predicted octanol–water partition coefficient (Wildman–Crippen LogP) is 2.24. The van der Waals surface area contributed by atoms with Crippen molar-refractivity contribution in [1.29, 1.82) is 0 Å². The van der Waals surface area contributed by atoms with Gasteiger partial charge in [0.15, 0.2) is 0 Å². The molecule has 1 aliphatic heterocycles. The number of ether oxygens (including phenoxy) is 1. The van der Waals surface area contributed by atoms with Crippen LogP contribution in [-0.2, 0) is 4.74 Å². The van der Waals surface area contributed by atoms with E-state index in [0.717, 1.165) is 32.8 Å². The van der Waals surface area contributed by atoms with Gasteiger partial charge in [-0.3, -0.25) is 4.90 Å². The molecule has 2 N–H and O–H groups in total. The Labute approximate surface area is 138 Å². The van der Waals surface area contributed by atoms with Crippen molar-refractivity contribution < 1.29 is 13.5 Å². The molecular weight excluding hydrogens is 316 g/mol. The summed E-state index contributed by atoms with van der Waals surface area (Å²) in [5, 5.41) is 5.84. The van der Waals surface area contributed by atoms with Gasteiger partial charge < -0.3 is 15.4 Å². The molecule has 0 aliphatic carbocycles. The molecule has 1 fully saturated rings. The molecule has 1 aliphatic rings. The molecule has 0 unspecified atom stereocenters. The molecule has 0 radical (unpaired) electrons. The average molecular weight is 335 g/mol. The van der Waals surface area contributed by atoms with Gasteiger partial charge in [-0.05, 0) is 12.1 Å². The summed E-state index contributed by atoms with van der Waals surface area (Å²) in [5.41, 5.74) is -0.226. The highest BCUT2D eigenvalue weighted by Gasteiger charge is 2.11. The van der Waals surface area contributed by atoms with Crippen LogP contribution in [0.4, 0.5) is 26.1 Å². The average Bonchev–Trinajstić information content (AvgIpc) is 2.60. The summed E-state index contributed by atoms with van der Waals surface area (Å²) < 4.78 is 32.6. The molecule has 24 heavy (non-hydrogen) atoms. The molecule has 8 heteroatoms. The van der Waals surface area contributed by atoms with Crippen LogP contribution in [0.25, 0.3) is 0 Å². The summed E-state index contributed by atoms with van der Waals surface area (Å²) in [6, 6.07) is 5.31. The van der Waals surface area contributed by atoms with E-state index in [1.807, 2.05) is 0 Å². The Kier molecular flexibility index (Phi) is 5.50. The van der Waals surface area contributed by atoms with Crippen LogP contribution in [0, 0.1) is 11.6 Å². The van der Waals surface area contributed by atoms with E-state index in [9.17, 15) is 8.78 Å². The zero-order chi connectivity index (χ0) is 16.8. The quantitative estimate of drug-likeness (QED) is 0.844. The molecule has 0 amide bonds. The Balaban J connectivity index is 1.57. The molecule has 6 nitrogen and oxygen atoms in total. The van der Waals surface area contributed by atoms with Crippen LogP contribution in [0.1, 0.15) is 0 Å². The third-order valence-corrected chi connectivity index (χ3v) is 3.72. The molecule has 1 saturated heterocycles. The lowest BCUT2D eigenvalue weighted by Crippen LogP contribution is -2.39. The number of para-hydroxylation sites is 1. The smallest absolute Gasteiger partial charge is 0.149 e. The first kappa shape index (κ1) is 16.5. The molecule has 2 heterocycles. The number of hydrogen-bond donors (Lipinski definition) is 2. The molecule has 1 aromatic heterocycles. The first-order valence-corrected chi connectivity index (χ1v) is 7.79. The normalized spacial score (nSPS) is 15.2. The second-order valence-corrected chi connectivity index (χ2v) is 5.39. The van der Waals surface area contributed by atoms with Gasteiger partial charge in [0.05, 0.1) is 13.2 Å². The number of nitrogens with one attached hydrogen (secondary N) is 2. The van der Waals surface area contributed by atoms with Gasteiger partial charge in [0.1, 0.15) is 35.3 Å². The van der Waals surface area contributed by atoms with Crippen LogP contribution in [0.2, 0.25) is 0 Å². The van der Waals surface area contributed by atoms with Gasteiger partial charge in [-0.15, -0.1) is 0 Å². The van der Waals surface area contributed by atoms with Crippen molar-refractivity contribution in [3.8, 4) is 0 Å². The predicted molar refractivity (Wildman–Crippen MR) is 87.4 cm³/mol. The SMILES string of the molecule is Fc1cccc(F)c1Nc1cc(NCCN2CCOCC2)ncn1. The maximum Gasteiger partial charge on any atom is 0.149 e. The Morgan fingerprint density at radius 1 is 1.08 bits per heavy atom. The summed E-state index contributed by atoms with van der Waals surface area (Å²) in [6.07, 6.45) is 1.35. The van der Waals surface area contributed by atoms with Gasteiger partial charge in [-0.25, -0.2) is 18.7 Å². The van der Waals surface area contributed by atoms with Gasteiger partial charge in [0.2, 0.25) is 0 Å². The lowest BCUT2D eigenvalue weighted by Gasteiger charge is -2.26. The van der Waals surface area contributed by atoms with E-state index < -0.39 is 11.6 Å². The Morgan fingerprint density at radius 2 is 1.79 bits per heavy atom. The number of benzene rings is 1. The molecule has 1 aromatic carbocycles. The van der Waals surface area contributed by atoms with Crippen molar-refractivity contribution in [2.75, 3.05) is 50.0 Å². The van der Waals surface area contributed by atoms with E-state index in [1.165, 1.54) is 24.5 Å². The van der Waals surface area contributed by atoms with Gasteiger partial charge in [0.25, 0.3) is 0 Å². The van der Waals surface area contributed by atoms with Crippen LogP contribution < -0.4 is 10.6 Å². The lowest BCUT2D eigenvalue weighted by molar-refractivity contribution is 0.0398. The van der Waals surface area contributed by atoms with E-state index in [1.54, 1.807) is 6.07 Å². The molecule has 0 saturated carbocycles. The van der Waals surface area contributed by atoms with Gasteiger partial charge in [0, 0.05) is 32.2 Å². The van der Waals surface area contributed by atoms with Crippen LogP contribution >= 0.6 is 0 Å². The summed E-state index contributed by atoms with van der Waals surface area (Å²) in [7, 11) is 0. The number of nitrogens with zero attached hydrogens (tertiary/aromatic N) is 3. The van der Waals surface area contributed by atoms with Crippen molar-refractivity contribution in [3.63, 3.8) is 0 Å². The molecule has 0 atom stereocenters. The van der Waals surface area contributed by atoms with Crippen molar-refractivity contribution in [2.24, 2.45) is 0 Å². The highest BCUT2D eigenvalue weighted by atomic mass is 19.1. The minimum atomic E-state index is -0.671. The zero-order valence-corrected chi connectivity index (χ0v) is 13.1. The topological polar surface area (TPSA) is 62.3 Å². The number of aromatic nitrogens is 2. The highest BCUT2D eigenvalue weighted by Crippen LogP contribution is 2.22. The number of hydrogen-bond acceptors (Lipinski definition) is 6. The maximum atomic E-state index is 13.7. The fourth-order valence-corrected chi connectivity index (χ4v) is 2.43. The largest absolute Gasteiger partial charge is 0.379 e. The summed E-state index contributed by atoms with van der Waals surface area (Å²) >= 11 is 0. The standard InChI is InChI=1S/C16H19F2N5O/c17-12-2-1-3-13(18)16(12)22-15-10-14(20-11-21-15)19-4-5-23-6-8-24-9-7-23/h1-3,10-11H,4-9H2,(H2,19,20,21,22). The van der Waals surface area contributed by atoms with Crippen molar-refractivity contribution >= 4 is 17.3 Å². The van der Waals surface area contributed by atoms with E-state index in [-0.39, 0.29) is 5.69 Å². The van der Waals surface area contributed by atoms with E-state index in [2.05, 4.69) is 25.5 Å². The minimum absolute atomic E-state index is 0.226. The zero-order valence-electron chi connectivity index (χ0n) is 13.1. The van der Waals surface area contributed by atoms with Crippen LogP contribution in [0.5, 0.6) is 0 Å². The third kappa shape index (κ3) is 4.36. The minimum Gasteiger partial charge on any atom is -0.379 e. The number of anilines is 3. The number of rotatable bonds is 6. The van der Waals surface area contributed by atoms with Crippen molar-refractivity contribution in [2.45, 2.75) is 0 Å². The van der Waals surface area contributed by atoms with Crippen LogP contribution in [0.3, 0.4) is 0 Å². The summed E-state index contributed by atoms with van der Waals surface area (Å²) in [4.78, 5) is 10.4. The molecule has 2 aromatic rings. The van der Waals surface area contributed by atoms with Crippen LogP contribution in [-0.4, -0.2) is 54.3 Å². The Hall–Kier alpha value is -2.32. The summed E-state index contributed by atoms with van der Waals surface area (Å²) in [5.74, 6) is -0.425. The van der Waals surface area contributed by atoms with Gasteiger partial charge in [-0.2, -0.15) is 0 Å². The Morgan fingerprint density at radius 3 is 2.54 bits per heavy atom. The van der Waals surface area contributed by atoms with Crippen molar-refractivity contribution in [3.05, 3.63) is 42.2 Å². The van der Waals surface area contributed by atoms with E-state index in [0.29, 0.717) is 18.2 Å². The van der Waals surface area contributed by atoms with Crippen LogP contribution in [0.15, 0.2) is 30.6 Å². The van der Waals surface area contributed by atoms with Gasteiger partial charge in [-0.1, -0.05) is 6.07 Å². The second kappa shape index (κ2) is 7.98. The molecular formula is C16H19F2N5O. The Bertz CT molecular complexity index is 659. The molecule has 0 bridgehead atoms. The summed E-state index contributed by atoms with van der Waals surface area (Å²) in [6.45, 7) is 4.95. The second-order valence-electron chi connectivity index (χ2n) is 5.39. The van der Waals surface area contributed by atoms with E-state index >= 15 is 0 Å². The van der Waals surface area contributed by atoms with E-state index in [4.69, 9.17) is 4.74 Å². The molecule has 3 rings (SSSR count). The fourth-order valence-electron chi connectivity index (χ4n) is 2.43. The molecule has 128 valence electrons. The van der Waals surface area contributed by atoms with Gasteiger partial charge >= 0.3 is 0 Å². The highest BCUT2D eigenvalue weighted by molar-refractivity contribution is 5.59. The number of morpholine rings is 1. The first-order valence-electron chi connectivity index (χ1n) is 7.79. The maximum absolute atomic E-state index is 13.7. The van der Waals surface area contributed by atoms with Crippen molar-refractivity contribution in [1.82, 2.24) is 14.9 Å². The third-order valence-electron chi connectivity index (χ3n) is 3.72. The fraction of sp³-hybridized carbons (Fsp3) is 0.375. The lowest BCUT2D eigenvalue weighted by atomic mass is 10.3.